The van der Waals surface area contributed by atoms with Crippen molar-refractivity contribution in [2.24, 2.45) is 5.73 Å². The third-order valence-corrected chi connectivity index (χ3v) is 0.809. The summed E-state index contributed by atoms with van der Waals surface area (Å²) in [5.74, 6) is 0. The van der Waals surface area contributed by atoms with Crippen molar-refractivity contribution in [3.63, 3.8) is 0 Å². The highest BCUT2D eigenvalue weighted by Crippen LogP contribution is 1.88. The fraction of sp³-hybridized carbons (Fsp3) is 0.444. The van der Waals surface area contributed by atoms with E-state index in [9.17, 15) is 0 Å². The average molecular weight is 154 g/mol. The van der Waals surface area contributed by atoms with Gasteiger partial charge in [0.2, 0.25) is 0 Å². The van der Waals surface area contributed by atoms with Gasteiger partial charge in [0.15, 0.2) is 0 Å². The van der Waals surface area contributed by atoms with Crippen LogP contribution in [0.5, 0.6) is 0 Å². The van der Waals surface area contributed by atoms with E-state index in [1.807, 2.05) is 39.1 Å². The Morgan fingerprint density at radius 1 is 1.27 bits per heavy atom. The minimum atomic E-state index is 1.21. The van der Waals surface area contributed by atoms with E-state index < -0.39 is 0 Å². The molecule has 2 N–H and O–H groups in total. The van der Waals surface area contributed by atoms with Crippen LogP contribution >= 0.6 is 0 Å². The van der Waals surface area contributed by atoms with Gasteiger partial charge >= 0.3 is 0 Å². The molecule has 0 fully saturated rings. The van der Waals surface area contributed by atoms with E-state index in [2.05, 4.69) is 10.7 Å². The van der Waals surface area contributed by atoms with Crippen LogP contribution in [-0.4, -0.2) is 12.0 Å². The molecule has 64 valence electrons. The second kappa shape index (κ2) is 11.9. The zero-order valence-electron chi connectivity index (χ0n) is 7.83. The van der Waals surface area contributed by atoms with Crippen LogP contribution in [0.4, 0.5) is 0 Å². The Balaban J connectivity index is 0. The van der Waals surface area contributed by atoms with E-state index in [1.165, 1.54) is 12.6 Å². The minimum absolute atomic E-state index is 1.21. The van der Waals surface area contributed by atoms with Crippen molar-refractivity contribution < 1.29 is 0 Å². The normalized spacial score (nSPS) is 6.64. The molecule has 1 aromatic heterocycles. The number of hydrogen-bond donors (Lipinski definition) is 1. The predicted molar refractivity (Wildman–Crippen MR) is 50.4 cm³/mol. The van der Waals surface area contributed by atoms with Gasteiger partial charge in [-0.3, -0.25) is 4.98 Å². The first-order valence-corrected chi connectivity index (χ1v) is 3.84. The maximum Gasteiger partial charge on any atom is 0.0297 e. The van der Waals surface area contributed by atoms with Gasteiger partial charge in [-0.05, 0) is 25.6 Å². The molecule has 0 unspecified atom stereocenters. The van der Waals surface area contributed by atoms with E-state index in [1.54, 1.807) is 6.20 Å². The molecule has 0 bridgehead atoms. The van der Waals surface area contributed by atoms with Crippen LogP contribution in [0.3, 0.4) is 0 Å². The Kier molecular flexibility index (Phi) is 13.7. The summed E-state index contributed by atoms with van der Waals surface area (Å²) in [7, 11) is 1.50. The number of nitrogens with zero attached hydrogens (tertiary/aromatic N) is 1. The molecule has 1 heterocycles. The summed E-state index contributed by atoms with van der Waals surface area (Å²) in [5, 5.41) is 0. The molecule has 0 aliphatic rings. The summed E-state index contributed by atoms with van der Waals surface area (Å²) in [4.78, 5) is 3.88. The third-order valence-electron chi connectivity index (χ3n) is 0.809. The van der Waals surface area contributed by atoms with Gasteiger partial charge in [-0.15, -0.1) is 0 Å². The Morgan fingerprint density at radius 2 is 1.82 bits per heavy atom. The first-order chi connectivity index (χ1) is 5.39. The molecular weight excluding hydrogens is 136 g/mol. The molecule has 0 saturated heterocycles. The lowest BCUT2D eigenvalue weighted by atomic mass is 10.3. The van der Waals surface area contributed by atoms with Crippen LogP contribution in [0.2, 0.25) is 0 Å². The van der Waals surface area contributed by atoms with Crippen molar-refractivity contribution in [1.29, 1.82) is 0 Å². The number of hydrogen-bond acceptors (Lipinski definition) is 2. The number of aryl methyl sites for hydroxylation is 1. The molecule has 0 aromatic carbocycles. The summed E-state index contributed by atoms with van der Waals surface area (Å²) in [6, 6.07) is 3.95. The summed E-state index contributed by atoms with van der Waals surface area (Å²) in [5.41, 5.74) is 5.71. The fourth-order valence-corrected chi connectivity index (χ4v) is 0.448. The largest absolute Gasteiger partial charge is 0.333 e. The van der Waals surface area contributed by atoms with Crippen molar-refractivity contribution in [3.8, 4) is 0 Å². The monoisotopic (exact) mass is 154 g/mol. The maximum absolute atomic E-state index is 4.50. The lowest BCUT2D eigenvalue weighted by Crippen LogP contribution is -1.69. The maximum atomic E-state index is 4.50. The third kappa shape index (κ3) is 9.11. The smallest absolute Gasteiger partial charge is 0.0297 e. The van der Waals surface area contributed by atoms with Crippen molar-refractivity contribution in [3.05, 3.63) is 30.1 Å². The molecule has 0 spiro atoms. The lowest BCUT2D eigenvalue weighted by Gasteiger charge is -1.82. The Hall–Kier alpha value is -0.890. The van der Waals surface area contributed by atoms with Crippen molar-refractivity contribution >= 4 is 0 Å². The number of pyridine rings is 1. The average Bonchev–Trinajstić information content (AvgIpc) is 2.13. The molecule has 1 aromatic rings. The standard InChI is InChI=1S/C6H7N.C2H6.CH5N/c1-6-3-2-4-7-5-6;2*1-2/h2-5H,1H3;1-2H3;2H2,1H3. The second-order valence-corrected chi connectivity index (χ2v) is 1.53. The van der Waals surface area contributed by atoms with Gasteiger partial charge in [-0.1, -0.05) is 19.9 Å². The van der Waals surface area contributed by atoms with Gasteiger partial charge in [-0.2, -0.15) is 0 Å². The molecule has 2 heteroatoms. The molecule has 1 rings (SSSR count). The van der Waals surface area contributed by atoms with E-state index in [4.69, 9.17) is 0 Å². The first-order valence-electron chi connectivity index (χ1n) is 3.84. The molecule has 0 atom stereocenters. The van der Waals surface area contributed by atoms with Crippen LogP contribution in [0, 0.1) is 6.92 Å². The van der Waals surface area contributed by atoms with Gasteiger partial charge in [0.25, 0.3) is 0 Å². The first kappa shape index (κ1) is 12.8. The molecule has 11 heavy (non-hydrogen) atoms. The van der Waals surface area contributed by atoms with Gasteiger partial charge in [-0.25, -0.2) is 0 Å². The predicted octanol–water partition coefficient (Wildman–Crippen LogP) is 1.99. The summed E-state index contributed by atoms with van der Waals surface area (Å²) >= 11 is 0. The molecule has 2 nitrogen and oxygen atoms in total. The molecular formula is C9H18N2. The van der Waals surface area contributed by atoms with Gasteiger partial charge in [0, 0.05) is 12.4 Å². The highest BCUT2D eigenvalue weighted by molar-refractivity contribution is 5.04. The molecule has 0 saturated carbocycles. The number of nitrogens with two attached hydrogens (primary N) is 1. The Bertz CT molecular complexity index is 137. The molecule has 0 radical (unpaired) electrons. The Morgan fingerprint density at radius 3 is 2.00 bits per heavy atom. The quantitative estimate of drug-likeness (QED) is 0.620. The van der Waals surface area contributed by atoms with Crippen molar-refractivity contribution in [2.45, 2.75) is 20.8 Å². The number of rotatable bonds is 0. The second-order valence-electron chi connectivity index (χ2n) is 1.53. The van der Waals surface area contributed by atoms with Gasteiger partial charge in [0.05, 0.1) is 0 Å². The Labute approximate surface area is 69.5 Å². The van der Waals surface area contributed by atoms with E-state index in [-0.39, 0.29) is 0 Å². The SMILES string of the molecule is CC.CN.Cc1cccnc1. The van der Waals surface area contributed by atoms with Crippen LogP contribution in [0.15, 0.2) is 24.5 Å². The topological polar surface area (TPSA) is 38.9 Å². The van der Waals surface area contributed by atoms with Crippen molar-refractivity contribution in [1.82, 2.24) is 4.98 Å². The van der Waals surface area contributed by atoms with Gasteiger partial charge in [0.1, 0.15) is 0 Å². The van der Waals surface area contributed by atoms with Gasteiger partial charge < -0.3 is 5.73 Å². The van der Waals surface area contributed by atoms with Crippen LogP contribution < -0.4 is 5.73 Å². The summed E-state index contributed by atoms with van der Waals surface area (Å²) in [6.45, 7) is 6.02. The van der Waals surface area contributed by atoms with Crippen LogP contribution in [-0.2, 0) is 0 Å². The van der Waals surface area contributed by atoms with Crippen LogP contribution in [0.1, 0.15) is 19.4 Å². The molecule has 0 aliphatic heterocycles. The molecule has 0 aliphatic carbocycles. The fourth-order valence-electron chi connectivity index (χ4n) is 0.448. The highest BCUT2D eigenvalue weighted by atomic mass is 14.6. The van der Waals surface area contributed by atoms with E-state index in [0.717, 1.165) is 0 Å². The summed E-state index contributed by atoms with van der Waals surface area (Å²) in [6.07, 6.45) is 3.60. The van der Waals surface area contributed by atoms with Crippen LogP contribution in [0.25, 0.3) is 0 Å². The minimum Gasteiger partial charge on any atom is -0.333 e. The van der Waals surface area contributed by atoms with E-state index >= 15 is 0 Å². The lowest BCUT2D eigenvalue weighted by molar-refractivity contribution is 1.27. The number of aromatic nitrogens is 1. The zero-order valence-corrected chi connectivity index (χ0v) is 7.83. The zero-order chi connectivity index (χ0) is 9.11. The summed E-state index contributed by atoms with van der Waals surface area (Å²) < 4.78 is 0. The van der Waals surface area contributed by atoms with E-state index in [0.29, 0.717) is 0 Å². The highest BCUT2D eigenvalue weighted by Gasteiger charge is 1.73. The van der Waals surface area contributed by atoms with Crippen molar-refractivity contribution in [2.75, 3.05) is 7.05 Å². The molecule has 0 amide bonds.